The molecule has 1 heterocycles. The van der Waals surface area contributed by atoms with Crippen LogP contribution in [0.15, 0.2) is 23.1 Å². The lowest BCUT2D eigenvalue weighted by atomic mass is 10.2. The molecular formula is C12H16N2O3S. The van der Waals surface area contributed by atoms with Crippen LogP contribution in [0, 0.1) is 0 Å². The number of aliphatic hydroxyl groups excluding tert-OH is 2. The number of rotatable bonds is 3. The van der Waals surface area contributed by atoms with E-state index >= 15 is 0 Å². The van der Waals surface area contributed by atoms with Crippen molar-refractivity contribution in [1.29, 1.82) is 0 Å². The second-order valence-corrected chi connectivity index (χ2v) is 5.66. The van der Waals surface area contributed by atoms with Crippen molar-refractivity contribution in [2.24, 2.45) is 0 Å². The van der Waals surface area contributed by atoms with Crippen LogP contribution >= 0.6 is 11.8 Å². The molecule has 1 aliphatic rings. The van der Waals surface area contributed by atoms with Crippen LogP contribution in [-0.4, -0.2) is 40.6 Å². The van der Waals surface area contributed by atoms with Crippen LogP contribution < -0.4 is 10.6 Å². The van der Waals surface area contributed by atoms with Gasteiger partial charge in [-0.25, -0.2) is 0 Å². The van der Waals surface area contributed by atoms with Gasteiger partial charge in [-0.1, -0.05) is 0 Å². The standard InChI is InChI=1S/C12H16N2O3S/c1-7-12(17)14(5-9(16)6-15)10-3-2-8(13)4-11(10)18-7/h2-4,7,9,15-16H,5-6,13H2,1H3. The van der Waals surface area contributed by atoms with Crippen molar-refractivity contribution in [3.8, 4) is 0 Å². The fourth-order valence-corrected chi connectivity index (χ4v) is 3.00. The number of amides is 1. The van der Waals surface area contributed by atoms with E-state index in [2.05, 4.69) is 0 Å². The number of hydrogen-bond donors (Lipinski definition) is 3. The molecule has 4 N–H and O–H groups in total. The number of anilines is 2. The van der Waals surface area contributed by atoms with Gasteiger partial charge in [-0.15, -0.1) is 11.8 Å². The van der Waals surface area contributed by atoms with Crippen molar-refractivity contribution in [2.45, 2.75) is 23.2 Å². The predicted molar refractivity (Wildman–Crippen MR) is 71.6 cm³/mol. The molecule has 5 nitrogen and oxygen atoms in total. The first-order valence-electron chi connectivity index (χ1n) is 5.69. The van der Waals surface area contributed by atoms with Gasteiger partial charge in [0.2, 0.25) is 5.91 Å². The van der Waals surface area contributed by atoms with E-state index in [-0.39, 0.29) is 24.3 Å². The monoisotopic (exact) mass is 268 g/mol. The summed E-state index contributed by atoms with van der Waals surface area (Å²) >= 11 is 1.46. The Hall–Kier alpha value is -1.24. The fraction of sp³-hybridized carbons (Fsp3) is 0.417. The number of carbonyl (C=O) groups is 1. The van der Waals surface area contributed by atoms with Gasteiger partial charge in [0.05, 0.1) is 30.2 Å². The average molecular weight is 268 g/mol. The number of hydrogen-bond acceptors (Lipinski definition) is 5. The van der Waals surface area contributed by atoms with Crippen LogP contribution in [0.4, 0.5) is 11.4 Å². The number of thioether (sulfide) groups is 1. The highest BCUT2D eigenvalue weighted by atomic mass is 32.2. The molecule has 1 amide bonds. The summed E-state index contributed by atoms with van der Waals surface area (Å²) in [6.07, 6.45) is -0.936. The molecule has 2 unspecified atom stereocenters. The molecule has 0 radical (unpaired) electrons. The second-order valence-electron chi connectivity index (χ2n) is 4.27. The topological polar surface area (TPSA) is 86.8 Å². The maximum absolute atomic E-state index is 12.1. The molecule has 0 aliphatic carbocycles. The number of fused-ring (bicyclic) bond motifs is 1. The lowest BCUT2D eigenvalue weighted by Crippen LogP contribution is -2.44. The molecule has 0 saturated heterocycles. The number of aliphatic hydroxyl groups is 2. The summed E-state index contributed by atoms with van der Waals surface area (Å²) < 4.78 is 0. The van der Waals surface area contributed by atoms with Crippen molar-refractivity contribution in [2.75, 3.05) is 23.8 Å². The zero-order valence-corrected chi connectivity index (χ0v) is 10.9. The van der Waals surface area contributed by atoms with E-state index in [1.54, 1.807) is 12.1 Å². The van der Waals surface area contributed by atoms with Gasteiger partial charge < -0.3 is 20.8 Å². The number of nitrogens with zero attached hydrogens (tertiary/aromatic N) is 1. The minimum atomic E-state index is -0.936. The summed E-state index contributed by atoms with van der Waals surface area (Å²) in [5, 5.41) is 18.2. The van der Waals surface area contributed by atoms with Crippen molar-refractivity contribution >= 4 is 29.0 Å². The van der Waals surface area contributed by atoms with Crippen molar-refractivity contribution in [1.82, 2.24) is 0 Å². The van der Waals surface area contributed by atoms with Gasteiger partial charge in [0, 0.05) is 10.6 Å². The molecule has 2 atom stereocenters. The Morgan fingerprint density at radius 2 is 2.28 bits per heavy atom. The lowest BCUT2D eigenvalue weighted by molar-refractivity contribution is -0.118. The number of benzene rings is 1. The first-order valence-corrected chi connectivity index (χ1v) is 6.57. The van der Waals surface area contributed by atoms with Gasteiger partial charge >= 0.3 is 0 Å². The zero-order chi connectivity index (χ0) is 13.3. The van der Waals surface area contributed by atoms with Crippen LogP contribution in [0.2, 0.25) is 0 Å². The Balaban J connectivity index is 2.36. The van der Waals surface area contributed by atoms with E-state index in [0.717, 1.165) is 10.6 Å². The SMILES string of the molecule is CC1Sc2cc(N)ccc2N(CC(O)CO)C1=O. The van der Waals surface area contributed by atoms with Crippen LogP contribution in [0.25, 0.3) is 0 Å². The molecule has 0 spiro atoms. The van der Waals surface area contributed by atoms with Crippen LogP contribution in [0.3, 0.4) is 0 Å². The Labute approximate surface area is 110 Å². The van der Waals surface area contributed by atoms with E-state index in [1.807, 2.05) is 13.0 Å². The summed E-state index contributed by atoms with van der Waals surface area (Å²) in [5.74, 6) is -0.0650. The minimum absolute atomic E-state index is 0.0650. The number of carbonyl (C=O) groups excluding carboxylic acids is 1. The molecule has 0 bridgehead atoms. The summed E-state index contributed by atoms with van der Waals surface area (Å²) in [4.78, 5) is 14.5. The third-order valence-corrected chi connectivity index (χ3v) is 3.93. The Kier molecular flexibility index (Phi) is 3.79. The molecule has 0 saturated carbocycles. The van der Waals surface area contributed by atoms with E-state index in [0.29, 0.717) is 5.69 Å². The number of nitrogen functional groups attached to an aromatic ring is 1. The molecule has 1 aromatic carbocycles. The Morgan fingerprint density at radius 1 is 1.56 bits per heavy atom. The minimum Gasteiger partial charge on any atom is -0.399 e. The molecule has 98 valence electrons. The smallest absolute Gasteiger partial charge is 0.240 e. The van der Waals surface area contributed by atoms with Crippen LogP contribution in [0.1, 0.15) is 6.92 Å². The highest BCUT2D eigenvalue weighted by Crippen LogP contribution is 2.40. The third kappa shape index (κ3) is 2.45. The normalized spacial score (nSPS) is 20.7. The van der Waals surface area contributed by atoms with Crippen molar-refractivity contribution in [3.63, 3.8) is 0 Å². The highest BCUT2D eigenvalue weighted by Gasteiger charge is 2.31. The van der Waals surface area contributed by atoms with E-state index in [9.17, 15) is 9.90 Å². The molecule has 1 aromatic rings. The van der Waals surface area contributed by atoms with Gasteiger partial charge in [-0.3, -0.25) is 4.79 Å². The second kappa shape index (κ2) is 5.17. The quantitative estimate of drug-likeness (QED) is 0.693. The van der Waals surface area contributed by atoms with E-state index in [4.69, 9.17) is 10.8 Å². The summed E-state index contributed by atoms with van der Waals surface area (Å²) in [7, 11) is 0. The van der Waals surface area contributed by atoms with Gasteiger partial charge in [0.1, 0.15) is 0 Å². The number of β-amino-alcohol motifs (C(OH)–C–C–N with tert-alkyl or cyclic N) is 1. The molecule has 6 heteroatoms. The largest absolute Gasteiger partial charge is 0.399 e. The van der Waals surface area contributed by atoms with Crippen molar-refractivity contribution < 1.29 is 15.0 Å². The summed E-state index contributed by atoms with van der Waals surface area (Å²) in [5.41, 5.74) is 7.11. The van der Waals surface area contributed by atoms with Gasteiger partial charge in [-0.05, 0) is 25.1 Å². The van der Waals surface area contributed by atoms with Crippen LogP contribution in [-0.2, 0) is 4.79 Å². The van der Waals surface area contributed by atoms with Gasteiger partial charge in [0.25, 0.3) is 0 Å². The first-order chi connectivity index (χ1) is 8.52. The highest BCUT2D eigenvalue weighted by molar-refractivity contribution is 8.01. The molecular weight excluding hydrogens is 252 g/mol. The van der Waals surface area contributed by atoms with Crippen molar-refractivity contribution in [3.05, 3.63) is 18.2 Å². The third-order valence-electron chi connectivity index (χ3n) is 2.80. The predicted octanol–water partition coefficient (Wildman–Crippen LogP) is 0.449. The Morgan fingerprint density at radius 3 is 2.94 bits per heavy atom. The molecule has 0 aromatic heterocycles. The zero-order valence-electron chi connectivity index (χ0n) is 10.0. The van der Waals surface area contributed by atoms with Gasteiger partial charge in [0.15, 0.2) is 0 Å². The molecule has 2 rings (SSSR count). The fourth-order valence-electron chi connectivity index (χ4n) is 1.88. The van der Waals surface area contributed by atoms with E-state index in [1.165, 1.54) is 16.7 Å². The Bertz CT molecular complexity index is 467. The summed E-state index contributed by atoms with van der Waals surface area (Å²) in [6.45, 7) is 1.55. The maximum atomic E-state index is 12.1. The van der Waals surface area contributed by atoms with E-state index < -0.39 is 6.10 Å². The van der Waals surface area contributed by atoms with Gasteiger partial charge in [-0.2, -0.15) is 0 Å². The molecule has 0 fully saturated rings. The molecule has 1 aliphatic heterocycles. The molecule has 18 heavy (non-hydrogen) atoms. The summed E-state index contributed by atoms with van der Waals surface area (Å²) in [6, 6.07) is 5.31. The average Bonchev–Trinajstić information content (AvgIpc) is 2.34. The maximum Gasteiger partial charge on any atom is 0.240 e. The lowest BCUT2D eigenvalue weighted by Gasteiger charge is -2.33. The first kappa shape index (κ1) is 13.2. The van der Waals surface area contributed by atoms with Crippen LogP contribution in [0.5, 0.6) is 0 Å². The number of nitrogens with two attached hydrogens (primary N) is 1.